The molecule has 0 saturated carbocycles. The van der Waals surface area contributed by atoms with E-state index in [4.69, 9.17) is 5.11 Å². The predicted octanol–water partition coefficient (Wildman–Crippen LogP) is 1.45. The van der Waals surface area contributed by atoms with Gasteiger partial charge in [-0.1, -0.05) is 12.2 Å². The highest BCUT2D eigenvalue weighted by Crippen LogP contribution is 2.20. The van der Waals surface area contributed by atoms with Crippen LogP contribution in [0, 0.1) is 0 Å². The van der Waals surface area contributed by atoms with Gasteiger partial charge in [-0.05, 0) is 18.2 Å². The Kier molecular flexibility index (Phi) is 5.48. The van der Waals surface area contributed by atoms with E-state index in [1.165, 1.54) is 18.2 Å². The number of anilines is 1. The fourth-order valence-electron chi connectivity index (χ4n) is 1.46. The Morgan fingerprint density at radius 3 is 2.45 bits per heavy atom. The average molecular weight is 296 g/mol. The van der Waals surface area contributed by atoms with E-state index in [0.717, 1.165) is 6.07 Å². The Labute approximate surface area is 117 Å². The van der Waals surface area contributed by atoms with Crippen molar-refractivity contribution < 1.29 is 18.3 Å². The lowest BCUT2D eigenvalue weighted by molar-refractivity contribution is 0.0697. The van der Waals surface area contributed by atoms with Gasteiger partial charge in [-0.3, -0.25) is 0 Å². The zero-order valence-electron chi connectivity index (χ0n) is 10.8. The lowest BCUT2D eigenvalue weighted by Crippen LogP contribution is -2.24. The SMILES string of the molecule is C=CCNc1ccc(S(=O)(=O)NCC=C)cc1C(=O)O. The Hall–Kier alpha value is -2.12. The molecule has 0 unspecified atom stereocenters. The van der Waals surface area contributed by atoms with E-state index < -0.39 is 16.0 Å². The van der Waals surface area contributed by atoms with Crippen molar-refractivity contribution in [3.8, 4) is 0 Å². The molecule has 0 aliphatic heterocycles. The quantitative estimate of drug-likeness (QED) is 0.631. The molecule has 0 heterocycles. The fraction of sp³-hybridized carbons (Fsp3) is 0.154. The number of hydrogen-bond acceptors (Lipinski definition) is 4. The van der Waals surface area contributed by atoms with Gasteiger partial charge in [-0.2, -0.15) is 0 Å². The molecular formula is C13H16N2O4S. The summed E-state index contributed by atoms with van der Waals surface area (Å²) in [5, 5.41) is 12.0. The van der Waals surface area contributed by atoms with Crippen LogP contribution in [0.15, 0.2) is 48.4 Å². The minimum atomic E-state index is -3.75. The van der Waals surface area contributed by atoms with E-state index in [-0.39, 0.29) is 17.0 Å². The molecule has 0 amide bonds. The number of rotatable bonds is 8. The van der Waals surface area contributed by atoms with Gasteiger partial charge in [0, 0.05) is 18.8 Å². The summed E-state index contributed by atoms with van der Waals surface area (Å²) in [6.07, 6.45) is 2.97. The fourth-order valence-corrected chi connectivity index (χ4v) is 2.48. The summed E-state index contributed by atoms with van der Waals surface area (Å²) in [5.74, 6) is -1.21. The highest BCUT2D eigenvalue weighted by atomic mass is 32.2. The van der Waals surface area contributed by atoms with Crippen LogP contribution in [0.3, 0.4) is 0 Å². The number of benzene rings is 1. The second-order valence-electron chi connectivity index (χ2n) is 3.82. The molecule has 0 aromatic heterocycles. The maximum atomic E-state index is 11.9. The molecule has 1 aromatic rings. The van der Waals surface area contributed by atoms with E-state index in [0.29, 0.717) is 12.2 Å². The summed E-state index contributed by atoms with van der Waals surface area (Å²) in [5.41, 5.74) is 0.216. The van der Waals surface area contributed by atoms with Crippen LogP contribution in [-0.4, -0.2) is 32.6 Å². The molecule has 0 aliphatic rings. The lowest BCUT2D eigenvalue weighted by atomic mass is 10.2. The second-order valence-corrected chi connectivity index (χ2v) is 5.59. The third kappa shape index (κ3) is 3.94. The highest BCUT2D eigenvalue weighted by Gasteiger charge is 2.18. The van der Waals surface area contributed by atoms with Gasteiger partial charge in [0.05, 0.1) is 10.5 Å². The monoisotopic (exact) mass is 296 g/mol. The largest absolute Gasteiger partial charge is 0.478 e. The molecule has 6 nitrogen and oxygen atoms in total. The first-order valence-electron chi connectivity index (χ1n) is 5.75. The number of sulfonamides is 1. The van der Waals surface area contributed by atoms with Crippen LogP contribution in [0.5, 0.6) is 0 Å². The number of hydrogen-bond donors (Lipinski definition) is 3. The van der Waals surface area contributed by atoms with Crippen LogP contribution in [0.4, 0.5) is 5.69 Å². The molecule has 1 rings (SSSR count). The Morgan fingerprint density at radius 1 is 1.25 bits per heavy atom. The van der Waals surface area contributed by atoms with Crippen LogP contribution < -0.4 is 10.0 Å². The first-order chi connectivity index (χ1) is 9.42. The van der Waals surface area contributed by atoms with Gasteiger partial charge in [-0.15, -0.1) is 13.2 Å². The molecule has 0 aliphatic carbocycles. The van der Waals surface area contributed by atoms with Gasteiger partial charge >= 0.3 is 5.97 Å². The molecular weight excluding hydrogens is 280 g/mol. The van der Waals surface area contributed by atoms with Crippen LogP contribution in [0.25, 0.3) is 0 Å². The molecule has 20 heavy (non-hydrogen) atoms. The van der Waals surface area contributed by atoms with Crippen molar-refractivity contribution in [1.82, 2.24) is 4.72 Å². The third-order valence-corrected chi connectivity index (χ3v) is 3.81. The van der Waals surface area contributed by atoms with Gasteiger partial charge in [-0.25, -0.2) is 17.9 Å². The zero-order valence-corrected chi connectivity index (χ0v) is 11.6. The Bertz CT molecular complexity index is 623. The summed E-state index contributed by atoms with van der Waals surface area (Å²) >= 11 is 0. The molecule has 0 spiro atoms. The Morgan fingerprint density at radius 2 is 1.90 bits per heavy atom. The van der Waals surface area contributed by atoms with E-state index >= 15 is 0 Å². The predicted molar refractivity (Wildman–Crippen MR) is 77.5 cm³/mol. The van der Waals surface area contributed by atoms with E-state index in [1.54, 1.807) is 6.08 Å². The molecule has 0 radical (unpaired) electrons. The van der Waals surface area contributed by atoms with Crippen molar-refractivity contribution in [3.63, 3.8) is 0 Å². The minimum Gasteiger partial charge on any atom is -0.478 e. The van der Waals surface area contributed by atoms with Gasteiger partial charge in [0.1, 0.15) is 0 Å². The van der Waals surface area contributed by atoms with Crippen molar-refractivity contribution in [3.05, 3.63) is 49.1 Å². The lowest BCUT2D eigenvalue weighted by Gasteiger charge is -2.10. The molecule has 108 valence electrons. The minimum absolute atomic E-state index is 0.0706. The van der Waals surface area contributed by atoms with Crippen molar-refractivity contribution >= 4 is 21.7 Å². The maximum absolute atomic E-state index is 11.9. The summed E-state index contributed by atoms with van der Waals surface area (Å²) in [7, 11) is -3.75. The van der Waals surface area contributed by atoms with Gasteiger partial charge in [0.15, 0.2) is 0 Å². The summed E-state index contributed by atoms with van der Waals surface area (Å²) < 4.78 is 26.1. The topological polar surface area (TPSA) is 95.5 Å². The number of nitrogens with one attached hydrogen (secondary N) is 2. The number of carboxylic acid groups (broad SMARTS) is 1. The third-order valence-electron chi connectivity index (χ3n) is 2.39. The van der Waals surface area contributed by atoms with Crippen molar-refractivity contribution in [1.29, 1.82) is 0 Å². The summed E-state index contributed by atoms with van der Waals surface area (Å²) in [6, 6.07) is 3.86. The first kappa shape index (κ1) is 15.9. The normalized spacial score (nSPS) is 10.8. The van der Waals surface area contributed by atoms with Gasteiger partial charge in [0.2, 0.25) is 10.0 Å². The average Bonchev–Trinajstić information content (AvgIpc) is 2.42. The molecule has 7 heteroatoms. The maximum Gasteiger partial charge on any atom is 0.337 e. The van der Waals surface area contributed by atoms with Crippen LogP contribution >= 0.6 is 0 Å². The van der Waals surface area contributed by atoms with E-state index in [9.17, 15) is 13.2 Å². The Balaban J connectivity index is 3.19. The molecule has 0 saturated heterocycles. The molecule has 0 atom stereocenters. The van der Waals surface area contributed by atoms with Gasteiger partial charge in [0.25, 0.3) is 0 Å². The molecule has 1 aromatic carbocycles. The zero-order chi connectivity index (χ0) is 15.2. The highest BCUT2D eigenvalue weighted by molar-refractivity contribution is 7.89. The number of carbonyl (C=O) groups is 1. The van der Waals surface area contributed by atoms with Crippen molar-refractivity contribution in [2.45, 2.75) is 4.90 Å². The number of aromatic carboxylic acids is 1. The number of carboxylic acids is 1. The summed E-state index contributed by atoms with van der Waals surface area (Å²) in [6.45, 7) is 7.37. The van der Waals surface area contributed by atoms with Crippen molar-refractivity contribution in [2.75, 3.05) is 18.4 Å². The van der Waals surface area contributed by atoms with Crippen LogP contribution in [0.2, 0.25) is 0 Å². The van der Waals surface area contributed by atoms with Gasteiger partial charge < -0.3 is 10.4 Å². The summed E-state index contributed by atoms with van der Waals surface area (Å²) in [4.78, 5) is 11.1. The standard InChI is InChI=1S/C13H16N2O4S/c1-3-7-14-12-6-5-10(9-11(12)13(16)17)20(18,19)15-8-4-2/h3-6,9,14-15H,1-2,7-8H2,(H,16,17). The molecule has 0 fully saturated rings. The van der Waals surface area contributed by atoms with Crippen molar-refractivity contribution in [2.24, 2.45) is 0 Å². The molecule has 0 bridgehead atoms. The van der Waals surface area contributed by atoms with E-state index in [2.05, 4.69) is 23.2 Å². The van der Waals surface area contributed by atoms with E-state index in [1.807, 2.05) is 0 Å². The van der Waals surface area contributed by atoms with Crippen LogP contribution in [0.1, 0.15) is 10.4 Å². The first-order valence-corrected chi connectivity index (χ1v) is 7.23. The second kappa shape index (κ2) is 6.88. The molecule has 3 N–H and O–H groups in total. The smallest absolute Gasteiger partial charge is 0.337 e. The van der Waals surface area contributed by atoms with Crippen LogP contribution in [-0.2, 0) is 10.0 Å².